The molecule has 6 nitrogen and oxygen atoms in total. The van der Waals surface area contributed by atoms with E-state index in [1.807, 2.05) is 22.8 Å². The molecule has 3 aliphatic rings. The van der Waals surface area contributed by atoms with Crippen LogP contribution in [0.25, 0.3) is 0 Å². The maximum Gasteiger partial charge on any atom is 0.259 e. The summed E-state index contributed by atoms with van der Waals surface area (Å²) < 4.78 is 1.92. The number of likely N-dealkylation sites (tertiary alicyclic amines) is 1. The number of rotatable bonds is 6. The fourth-order valence-electron chi connectivity index (χ4n) is 5.55. The zero-order valence-corrected chi connectivity index (χ0v) is 19.9. The van der Waals surface area contributed by atoms with Gasteiger partial charge in [0.1, 0.15) is 11.1 Å². The fourth-order valence-corrected chi connectivity index (χ4v) is 5.55. The van der Waals surface area contributed by atoms with Crippen molar-refractivity contribution in [1.29, 1.82) is 0 Å². The van der Waals surface area contributed by atoms with Crippen LogP contribution in [0.2, 0.25) is 0 Å². The Kier molecular flexibility index (Phi) is 6.84. The first-order valence-corrected chi connectivity index (χ1v) is 13.0. The van der Waals surface area contributed by atoms with Crippen molar-refractivity contribution in [1.82, 2.24) is 14.8 Å². The van der Waals surface area contributed by atoms with E-state index in [0.717, 1.165) is 38.5 Å². The Morgan fingerprint density at radius 2 is 1.62 bits per heavy atom. The summed E-state index contributed by atoms with van der Waals surface area (Å²) in [6, 6.07) is 10.5. The Bertz CT molecular complexity index is 1080. The van der Waals surface area contributed by atoms with E-state index in [4.69, 9.17) is 0 Å². The van der Waals surface area contributed by atoms with E-state index < -0.39 is 5.43 Å². The molecule has 180 valence electrons. The average molecular weight is 462 g/mol. The minimum absolute atomic E-state index is 0.102. The van der Waals surface area contributed by atoms with Gasteiger partial charge >= 0.3 is 0 Å². The Morgan fingerprint density at radius 1 is 0.882 bits per heavy atom. The van der Waals surface area contributed by atoms with Gasteiger partial charge in [0.2, 0.25) is 5.43 Å². The lowest BCUT2D eigenvalue weighted by molar-refractivity contribution is 0.0705. The molecular formula is C28H35N3O3. The third kappa shape index (κ3) is 5.11. The van der Waals surface area contributed by atoms with Gasteiger partial charge in [-0.25, -0.2) is 0 Å². The third-order valence-corrected chi connectivity index (χ3v) is 7.74. The largest absolute Gasteiger partial charge is 0.352 e. The van der Waals surface area contributed by atoms with Gasteiger partial charge in [-0.05, 0) is 50.0 Å². The Balaban J connectivity index is 1.36. The monoisotopic (exact) mass is 461 g/mol. The number of benzene rings is 1. The molecule has 34 heavy (non-hydrogen) atoms. The normalized spacial score (nSPS) is 21.3. The van der Waals surface area contributed by atoms with E-state index in [-0.39, 0.29) is 34.9 Å². The van der Waals surface area contributed by atoms with Crippen molar-refractivity contribution in [2.45, 2.75) is 69.7 Å². The second-order valence-corrected chi connectivity index (χ2v) is 10.3. The van der Waals surface area contributed by atoms with Gasteiger partial charge in [-0.1, -0.05) is 49.6 Å². The summed E-state index contributed by atoms with van der Waals surface area (Å²) in [5, 5.41) is 2.99. The first-order chi connectivity index (χ1) is 16.6. The van der Waals surface area contributed by atoms with Crippen LogP contribution in [0.5, 0.6) is 0 Å². The quantitative estimate of drug-likeness (QED) is 0.688. The first-order valence-electron chi connectivity index (χ1n) is 13.0. The van der Waals surface area contributed by atoms with Crippen molar-refractivity contribution >= 4 is 11.8 Å². The Labute approximate surface area is 201 Å². The molecule has 1 aromatic heterocycles. The van der Waals surface area contributed by atoms with E-state index in [9.17, 15) is 14.4 Å². The lowest BCUT2D eigenvalue weighted by Gasteiger charge is -2.33. The minimum atomic E-state index is -0.440. The summed E-state index contributed by atoms with van der Waals surface area (Å²) in [6.07, 6.45) is 13.2. The molecule has 2 saturated carbocycles. The molecule has 2 aromatic rings. The van der Waals surface area contributed by atoms with Crippen LogP contribution < -0.4 is 10.7 Å². The molecule has 1 unspecified atom stereocenters. The highest BCUT2D eigenvalue weighted by atomic mass is 16.2. The van der Waals surface area contributed by atoms with Crippen LogP contribution in [0.4, 0.5) is 0 Å². The van der Waals surface area contributed by atoms with E-state index in [1.54, 1.807) is 17.3 Å². The Hall–Kier alpha value is -2.89. The maximum atomic E-state index is 13.6. The number of piperidine rings is 1. The van der Waals surface area contributed by atoms with Crippen LogP contribution in [-0.4, -0.2) is 40.9 Å². The summed E-state index contributed by atoms with van der Waals surface area (Å²) in [4.78, 5) is 41.8. The molecule has 1 saturated heterocycles. The van der Waals surface area contributed by atoms with Crippen LogP contribution in [0, 0.1) is 5.92 Å². The molecule has 6 heteroatoms. The van der Waals surface area contributed by atoms with Gasteiger partial charge in [-0.15, -0.1) is 0 Å². The SMILES string of the molecule is O=C(NCC1CCCCC1)c1cn(C2CC2)cc(C(=O)N2CCCC(c3ccccc3)C2)c1=O. The smallest absolute Gasteiger partial charge is 0.259 e. The molecule has 2 aliphatic carbocycles. The topological polar surface area (TPSA) is 71.4 Å². The zero-order valence-electron chi connectivity index (χ0n) is 19.9. The number of nitrogens with zero attached hydrogens (tertiary/aromatic N) is 2. The molecule has 0 bridgehead atoms. The highest BCUT2D eigenvalue weighted by Gasteiger charge is 2.31. The predicted molar refractivity (Wildman–Crippen MR) is 132 cm³/mol. The molecule has 0 radical (unpaired) electrons. The van der Waals surface area contributed by atoms with E-state index in [1.165, 1.54) is 24.8 Å². The number of pyridine rings is 1. The van der Waals surface area contributed by atoms with Gasteiger partial charge in [0, 0.05) is 44.0 Å². The van der Waals surface area contributed by atoms with Gasteiger partial charge in [-0.3, -0.25) is 14.4 Å². The lowest BCUT2D eigenvalue weighted by atomic mass is 9.89. The fraction of sp³-hybridized carbons (Fsp3) is 0.536. The zero-order chi connectivity index (χ0) is 23.5. The second-order valence-electron chi connectivity index (χ2n) is 10.3. The van der Waals surface area contributed by atoms with Crippen LogP contribution in [0.3, 0.4) is 0 Å². The molecule has 5 rings (SSSR count). The van der Waals surface area contributed by atoms with Crippen molar-refractivity contribution in [3.63, 3.8) is 0 Å². The molecule has 2 heterocycles. The summed E-state index contributed by atoms with van der Waals surface area (Å²) in [7, 11) is 0. The number of hydrogen-bond acceptors (Lipinski definition) is 3. The molecule has 3 fully saturated rings. The molecule has 1 N–H and O–H groups in total. The number of nitrogens with one attached hydrogen (secondary N) is 1. The summed E-state index contributed by atoms with van der Waals surface area (Å²) in [5.41, 5.74) is 1.02. The predicted octanol–water partition coefficient (Wildman–Crippen LogP) is 4.51. The highest BCUT2D eigenvalue weighted by Crippen LogP contribution is 2.35. The van der Waals surface area contributed by atoms with Crippen LogP contribution in [0.1, 0.15) is 96.0 Å². The van der Waals surface area contributed by atoms with Gasteiger partial charge in [0.15, 0.2) is 0 Å². The van der Waals surface area contributed by atoms with E-state index in [2.05, 4.69) is 17.4 Å². The van der Waals surface area contributed by atoms with Crippen molar-refractivity contribution in [2.75, 3.05) is 19.6 Å². The highest BCUT2D eigenvalue weighted by molar-refractivity contribution is 5.99. The van der Waals surface area contributed by atoms with Crippen molar-refractivity contribution in [3.8, 4) is 0 Å². The van der Waals surface area contributed by atoms with Gasteiger partial charge in [-0.2, -0.15) is 0 Å². The number of hydrogen-bond donors (Lipinski definition) is 1. The minimum Gasteiger partial charge on any atom is -0.352 e. The number of carbonyl (C=O) groups excluding carboxylic acids is 2. The maximum absolute atomic E-state index is 13.6. The standard InChI is InChI=1S/C28H35N3O3/c32-26-24(27(33)29-16-20-8-3-1-4-9-20)18-31(23-13-14-23)19-25(26)28(34)30-15-7-12-22(17-30)21-10-5-2-6-11-21/h2,5-6,10-11,18-20,22-23H,1,3-4,7-9,12-17H2,(H,29,33). The number of amides is 2. The summed E-state index contributed by atoms with van der Waals surface area (Å²) >= 11 is 0. The van der Waals surface area contributed by atoms with Crippen LogP contribution in [0.15, 0.2) is 47.5 Å². The second kappa shape index (κ2) is 10.2. The Morgan fingerprint density at radius 3 is 2.35 bits per heavy atom. The molecule has 1 atom stereocenters. The molecule has 1 aromatic carbocycles. The first kappa shape index (κ1) is 22.9. The van der Waals surface area contributed by atoms with E-state index >= 15 is 0 Å². The molecular weight excluding hydrogens is 426 g/mol. The number of aromatic nitrogens is 1. The molecule has 2 amide bonds. The van der Waals surface area contributed by atoms with Crippen LogP contribution in [-0.2, 0) is 0 Å². The average Bonchev–Trinajstić information content (AvgIpc) is 3.74. The molecule has 1 aliphatic heterocycles. The van der Waals surface area contributed by atoms with E-state index in [0.29, 0.717) is 25.6 Å². The van der Waals surface area contributed by atoms with Gasteiger partial charge in [0.25, 0.3) is 11.8 Å². The summed E-state index contributed by atoms with van der Waals surface area (Å²) in [5.74, 6) is 0.158. The van der Waals surface area contributed by atoms with Crippen molar-refractivity contribution in [2.24, 2.45) is 5.92 Å². The van der Waals surface area contributed by atoms with Crippen LogP contribution >= 0.6 is 0 Å². The van der Waals surface area contributed by atoms with Crippen molar-refractivity contribution < 1.29 is 9.59 Å². The lowest BCUT2D eigenvalue weighted by Crippen LogP contribution is -2.42. The number of carbonyl (C=O) groups is 2. The van der Waals surface area contributed by atoms with Crippen molar-refractivity contribution in [3.05, 3.63) is 69.6 Å². The molecule has 0 spiro atoms. The van der Waals surface area contributed by atoms with Gasteiger partial charge < -0.3 is 14.8 Å². The third-order valence-electron chi connectivity index (χ3n) is 7.74. The summed E-state index contributed by atoms with van der Waals surface area (Å²) in [6.45, 7) is 1.84. The van der Waals surface area contributed by atoms with Gasteiger partial charge in [0.05, 0.1) is 0 Å².